The molecule has 0 bridgehead atoms. The smallest absolute Gasteiger partial charge is 0.244 e. The zero-order chi connectivity index (χ0) is 23.6. The lowest BCUT2D eigenvalue weighted by Gasteiger charge is -2.03. The van der Waals surface area contributed by atoms with E-state index in [9.17, 15) is 9.59 Å². The molecule has 3 nitrogen and oxygen atoms in total. The van der Waals surface area contributed by atoms with Gasteiger partial charge in [0, 0.05) is 12.0 Å². The summed E-state index contributed by atoms with van der Waals surface area (Å²) >= 11 is 0. The Hall–Kier alpha value is -2.16. The van der Waals surface area contributed by atoms with Gasteiger partial charge in [-0.25, -0.2) is 0 Å². The molecule has 0 aliphatic heterocycles. The Kier molecular flexibility index (Phi) is 16.3. The fourth-order valence-electron chi connectivity index (χ4n) is 3.19. The first-order chi connectivity index (χ1) is 14.6. The molecule has 0 aromatic heterocycles. The molecule has 0 saturated carbocycles. The lowest BCUT2D eigenvalue weighted by molar-refractivity contribution is -0.117. The lowest BCUT2D eigenvalue weighted by Crippen LogP contribution is -2.11. The summed E-state index contributed by atoms with van der Waals surface area (Å²) in [5.74, 6) is -0.0700. The first kappa shape index (κ1) is 28.8. The van der Waals surface area contributed by atoms with Crippen molar-refractivity contribution in [2.24, 2.45) is 5.73 Å². The molecule has 2 N–H and O–H groups in total. The predicted octanol–water partition coefficient (Wildman–Crippen LogP) is 7.69. The molecule has 0 aliphatic rings. The molecule has 3 heteroatoms. The summed E-state index contributed by atoms with van der Waals surface area (Å²) in [6.07, 6.45) is 21.1. The molecule has 0 unspecified atom stereocenters. The van der Waals surface area contributed by atoms with Gasteiger partial charge >= 0.3 is 0 Å². The van der Waals surface area contributed by atoms with Crippen molar-refractivity contribution in [1.29, 1.82) is 0 Å². The zero-order valence-corrected chi connectivity index (χ0v) is 20.9. The van der Waals surface area contributed by atoms with Gasteiger partial charge in [-0.15, -0.1) is 0 Å². The van der Waals surface area contributed by atoms with Crippen molar-refractivity contribution in [2.45, 2.75) is 106 Å². The Bertz CT molecular complexity index is 717. The lowest BCUT2D eigenvalue weighted by atomic mass is 10.0. The monoisotopic (exact) mass is 427 g/mol. The molecular formula is C28H45NO2. The summed E-state index contributed by atoms with van der Waals surface area (Å²) in [6, 6.07) is 0. The number of primary amides is 1. The topological polar surface area (TPSA) is 60.2 Å². The maximum absolute atomic E-state index is 11.0. The summed E-state index contributed by atoms with van der Waals surface area (Å²) in [7, 11) is 0. The molecule has 31 heavy (non-hydrogen) atoms. The number of amides is 1. The van der Waals surface area contributed by atoms with E-state index in [1.54, 1.807) is 13.8 Å². The van der Waals surface area contributed by atoms with Crippen LogP contribution in [-0.2, 0) is 9.59 Å². The first-order valence-electron chi connectivity index (χ1n) is 11.7. The van der Waals surface area contributed by atoms with Crippen LogP contribution in [0.5, 0.6) is 0 Å². The van der Waals surface area contributed by atoms with Gasteiger partial charge in [-0.05, 0) is 99.3 Å². The van der Waals surface area contributed by atoms with Gasteiger partial charge in [-0.3, -0.25) is 4.79 Å². The minimum atomic E-state index is -0.333. The highest BCUT2D eigenvalue weighted by Gasteiger charge is 1.97. The summed E-state index contributed by atoms with van der Waals surface area (Å²) in [5.41, 5.74) is 11.5. The summed E-state index contributed by atoms with van der Waals surface area (Å²) in [5, 5.41) is 0. The Balaban J connectivity index is 4.12. The van der Waals surface area contributed by atoms with Crippen molar-refractivity contribution >= 4 is 11.7 Å². The van der Waals surface area contributed by atoms with Crippen LogP contribution < -0.4 is 5.73 Å². The number of carbonyl (C=O) groups is 2. The van der Waals surface area contributed by atoms with Gasteiger partial charge in [0.15, 0.2) is 0 Å². The molecule has 0 aliphatic carbocycles. The highest BCUT2D eigenvalue weighted by atomic mass is 16.1. The van der Waals surface area contributed by atoms with Crippen LogP contribution in [0.2, 0.25) is 0 Å². The van der Waals surface area contributed by atoms with Crippen LogP contribution in [0, 0.1) is 0 Å². The largest absolute Gasteiger partial charge is 0.366 e. The number of hydrogen-bond acceptors (Lipinski definition) is 2. The fourth-order valence-corrected chi connectivity index (χ4v) is 3.19. The Morgan fingerprint density at radius 3 is 1.10 bits per heavy atom. The normalized spacial score (nSPS) is 14.2. The highest BCUT2D eigenvalue weighted by Crippen LogP contribution is 2.15. The number of carbonyl (C=O) groups excluding carboxylic acids is 2. The maximum atomic E-state index is 11.0. The van der Waals surface area contributed by atoms with Gasteiger partial charge in [-0.1, -0.05) is 52.7 Å². The van der Waals surface area contributed by atoms with Crippen LogP contribution >= 0.6 is 0 Å². The van der Waals surface area contributed by atoms with Gasteiger partial charge < -0.3 is 10.5 Å². The molecule has 0 saturated heterocycles. The summed E-state index contributed by atoms with van der Waals surface area (Å²) < 4.78 is 0. The number of allylic oxidation sites excluding steroid dienone is 9. The molecule has 1 amide bonds. The van der Waals surface area contributed by atoms with Crippen LogP contribution in [0.25, 0.3) is 0 Å². The second kappa shape index (κ2) is 17.5. The van der Waals surface area contributed by atoms with Crippen LogP contribution in [0.4, 0.5) is 0 Å². The van der Waals surface area contributed by atoms with E-state index in [-0.39, 0.29) is 11.7 Å². The van der Waals surface area contributed by atoms with Crippen molar-refractivity contribution in [2.75, 3.05) is 0 Å². The van der Waals surface area contributed by atoms with Gasteiger partial charge in [-0.2, -0.15) is 0 Å². The molecule has 0 rings (SSSR count). The standard InChI is InChI=1S/C28H45NO2/c1-22(14-8-16-24(3)18-10-20-26(5)28(29)31)12-7-13-23(2)15-9-17-25(4)19-11-21-27(6)30/h12,15-16,19-20H,7-11,13-14,17-18,21H2,1-6H3,(H2,29,31). The van der Waals surface area contributed by atoms with Crippen molar-refractivity contribution in [3.63, 3.8) is 0 Å². The third-order valence-corrected chi connectivity index (χ3v) is 5.46. The summed E-state index contributed by atoms with van der Waals surface area (Å²) in [6.45, 7) is 12.2. The quantitative estimate of drug-likeness (QED) is 0.203. The molecule has 0 fully saturated rings. The average molecular weight is 428 g/mol. The van der Waals surface area contributed by atoms with Gasteiger partial charge in [0.2, 0.25) is 5.91 Å². The highest BCUT2D eigenvalue weighted by molar-refractivity contribution is 5.91. The SMILES string of the molecule is CC(=O)CCC=C(C)CCC=C(C)CCC=C(C)CCC=C(C)CCC=C(C)C(N)=O. The van der Waals surface area contributed by atoms with Crippen LogP contribution in [0.15, 0.2) is 58.2 Å². The Labute approximate surface area is 191 Å². The van der Waals surface area contributed by atoms with Crippen molar-refractivity contribution in [3.05, 3.63) is 58.2 Å². The minimum Gasteiger partial charge on any atom is -0.366 e. The van der Waals surface area contributed by atoms with E-state index in [1.165, 1.54) is 22.3 Å². The first-order valence-corrected chi connectivity index (χ1v) is 11.7. The third kappa shape index (κ3) is 18.3. The minimum absolute atomic E-state index is 0.263. The maximum Gasteiger partial charge on any atom is 0.244 e. The van der Waals surface area contributed by atoms with Gasteiger partial charge in [0.25, 0.3) is 0 Å². The average Bonchev–Trinajstić information content (AvgIpc) is 2.67. The van der Waals surface area contributed by atoms with Crippen molar-refractivity contribution in [3.8, 4) is 0 Å². The number of ketones is 1. The van der Waals surface area contributed by atoms with Crippen molar-refractivity contribution in [1.82, 2.24) is 0 Å². The van der Waals surface area contributed by atoms with Crippen LogP contribution in [-0.4, -0.2) is 11.7 Å². The second-order valence-corrected chi connectivity index (χ2v) is 8.85. The van der Waals surface area contributed by atoms with E-state index in [0.29, 0.717) is 12.0 Å². The number of nitrogens with two attached hydrogens (primary N) is 1. The molecule has 0 aromatic rings. The third-order valence-electron chi connectivity index (χ3n) is 5.46. The molecule has 0 aromatic carbocycles. The Morgan fingerprint density at radius 1 is 0.516 bits per heavy atom. The predicted molar refractivity (Wildman–Crippen MR) is 135 cm³/mol. The van der Waals surface area contributed by atoms with E-state index in [2.05, 4.69) is 52.0 Å². The molecule has 174 valence electrons. The second-order valence-electron chi connectivity index (χ2n) is 8.85. The van der Waals surface area contributed by atoms with E-state index in [0.717, 1.165) is 57.8 Å². The Morgan fingerprint density at radius 2 is 0.806 bits per heavy atom. The van der Waals surface area contributed by atoms with E-state index >= 15 is 0 Å². The number of hydrogen-bond donors (Lipinski definition) is 1. The van der Waals surface area contributed by atoms with E-state index < -0.39 is 0 Å². The van der Waals surface area contributed by atoms with Crippen LogP contribution in [0.3, 0.4) is 0 Å². The molecule has 0 spiro atoms. The number of Topliss-reactive ketones (excluding diaryl/α,β-unsaturated/α-hetero) is 1. The molecule has 0 radical (unpaired) electrons. The van der Waals surface area contributed by atoms with Gasteiger partial charge in [0.05, 0.1) is 0 Å². The molecule has 0 atom stereocenters. The van der Waals surface area contributed by atoms with E-state index in [4.69, 9.17) is 5.73 Å². The fraction of sp³-hybridized carbons (Fsp3) is 0.571. The van der Waals surface area contributed by atoms with Gasteiger partial charge in [0.1, 0.15) is 5.78 Å². The molecular weight excluding hydrogens is 382 g/mol. The molecule has 0 heterocycles. The zero-order valence-electron chi connectivity index (χ0n) is 20.9. The number of rotatable bonds is 16. The van der Waals surface area contributed by atoms with Crippen molar-refractivity contribution < 1.29 is 9.59 Å². The summed E-state index contributed by atoms with van der Waals surface area (Å²) in [4.78, 5) is 22.0. The van der Waals surface area contributed by atoms with E-state index in [1.807, 2.05) is 6.08 Å². The van der Waals surface area contributed by atoms with Crippen LogP contribution in [0.1, 0.15) is 106 Å².